The number of ether oxygens (including phenoxy) is 1. The zero-order valence-electron chi connectivity index (χ0n) is 19.2. The van der Waals surface area contributed by atoms with E-state index in [0.29, 0.717) is 11.4 Å². The lowest BCUT2D eigenvalue weighted by molar-refractivity contribution is 0.0565. The molecule has 2 atom stereocenters. The zero-order chi connectivity index (χ0) is 22.6. The predicted molar refractivity (Wildman–Crippen MR) is 122 cm³/mol. The van der Waals surface area contributed by atoms with Crippen molar-refractivity contribution in [3.63, 3.8) is 0 Å². The van der Waals surface area contributed by atoms with Crippen molar-refractivity contribution in [2.24, 2.45) is 0 Å². The van der Waals surface area contributed by atoms with Gasteiger partial charge in [0.25, 0.3) is 5.91 Å². The fourth-order valence-corrected chi connectivity index (χ4v) is 3.83. The highest BCUT2D eigenvalue weighted by atomic mass is 16.6. The van der Waals surface area contributed by atoms with Crippen LogP contribution in [0.4, 0.5) is 10.6 Å². The maximum Gasteiger partial charge on any atom is 0.416 e. The van der Waals surface area contributed by atoms with Gasteiger partial charge in [0.2, 0.25) is 0 Å². The molecular weight excluding hydrogens is 390 g/mol. The normalized spacial score (nSPS) is 17.3. The minimum atomic E-state index is -0.578. The minimum Gasteiger partial charge on any atom is -0.443 e. The van der Waals surface area contributed by atoms with E-state index in [9.17, 15) is 9.59 Å². The molecule has 0 N–H and O–H groups in total. The zero-order valence-corrected chi connectivity index (χ0v) is 19.2. The van der Waals surface area contributed by atoms with Crippen molar-refractivity contribution in [1.82, 2.24) is 9.88 Å². The standard InChI is InChI=1S/C25H33N3O3/c1-6-18(2)28(24(30)31-25(3,4)5)22-15-14-20(17-26-22)21-13-10-16-27(21)23(29)19-11-8-7-9-12-19/h7-9,11-12,14-15,17-18,21H,6,10,13,16H2,1-5H3/t18-,21-/m0/s1. The van der Waals surface area contributed by atoms with Gasteiger partial charge in [-0.05, 0) is 70.7 Å². The Kier molecular flexibility index (Phi) is 6.98. The molecule has 1 saturated heterocycles. The largest absolute Gasteiger partial charge is 0.443 e. The average Bonchev–Trinajstić information content (AvgIpc) is 3.23. The average molecular weight is 424 g/mol. The number of aromatic nitrogens is 1. The number of carbonyl (C=O) groups is 2. The third kappa shape index (κ3) is 5.43. The van der Waals surface area contributed by atoms with E-state index in [1.165, 1.54) is 0 Å². The molecule has 0 saturated carbocycles. The second kappa shape index (κ2) is 9.50. The highest BCUT2D eigenvalue weighted by molar-refractivity contribution is 5.94. The summed E-state index contributed by atoms with van der Waals surface area (Å²) >= 11 is 0. The van der Waals surface area contributed by atoms with Gasteiger partial charge in [0, 0.05) is 24.3 Å². The van der Waals surface area contributed by atoms with Gasteiger partial charge in [-0.1, -0.05) is 31.2 Å². The molecule has 1 fully saturated rings. The number of pyridine rings is 1. The topological polar surface area (TPSA) is 62.7 Å². The molecule has 1 aromatic heterocycles. The Hall–Kier alpha value is -2.89. The van der Waals surface area contributed by atoms with Crippen LogP contribution in [0.5, 0.6) is 0 Å². The molecule has 0 unspecified atom stereocenters. The lowest BCUT2D eigenvalue weighted by Crippen LogP contribution is -2.42. The summed E-state index contributed by atoms with van der Waals surface area (Å²) in [5, 5.41) is 0. The van der Waals surface area contributed by atoms with Crippen LogP contribution in [-0.4, -0.2) is 40.1 Å². The van der Waals surface area contributed by atoms with Gasteiger partial charge in [-0.3, -0.25) is 9.69 Å². The van der Waals surface area contributed by atoms with E-state index in [1.807, 2.05) is 82.0 Å². The lowest BCUT2D eigenvalue weighted by Gasteiger charge is -2.31. The van der Waals surface area contributed by atoms with Crippen LogP contribution in [0.2, 0.25) is 0 Å². The van der Waals surface area contributed by atoms with Crippen molar-refractivity contribution in [1.29, 1.82) is 0 Å². The summed E-state index contributed by atoms with van der Waals surface area (Å²) in [5.74, 6) is 0.605. The van der Waals surface area contributed by atoms with E-state index < -0.39 is 11.7 Å². The number of hydrogen-bond donors (Lipinski definition) is 0. The quantitative estimate of drug-likeness (QED) is 0.628. The van der Waals surface area contributed by atoms with Crippen molar-refractivity contribution >= 4 is 17.8 Å². The summed E-state index contributed by atoms with van der Waals surface area (Å²) in [6.45, 7) is 10.3. The van der Waals surface area contributed by atoms with Gasteiger partial charge in [-0.15, -0.1) is 0 Å². The number of anilines is 1. The first-order valence-corrected chi connectivity index (χ1v) is 11.1. The molecule has 166 valence electrons. The maximum atomic E-state index is 13.0. The summed E-state index contributed by atoms with van der Waals surface area (Å²) in [5.41, 5.74) is 1.11. The van der Waals surface area contributed by atoms with Crippen molar-refractivity contribution < 1.29 is 14.3 Å². The van der Waals surface area contributed by atoms with E-state index in [0.717, 1.165) is 31.4 Å². The van der Waals surface area contributed by atoms with Crippen LogP contribution in [-0.2, 0) is 4.74 Å². The molecule has 1 aliphatic heterocycles. The second-order valence-electron chi connectivity index (χ2n) is 9.08. The van der Waals surface area contributed by atoms with Crippen LogP contribution in [0.25, 0.3) is 0 Å². The fourth-order valence-electron chi connectivity index (χ4n) is 3.83. The van der Waals surface area contributed by atoms with Crippen LogP contribution in [0.15, 0.2) is 48.7 Å². The Morgan fingerprint density at radius 1 is 1.19 bits per heavy atom. The molecule has 0 bridgehead atoms. The Labute approximate surface area is 185 Å². The molecule has 0 aliphatic carbocycles. The molecule has 6 nitrogen and oxygen atoms in total. The van der Waals surface area contributed by atoms with E-state index in [-0.39, 0.29) is 18.0 Å². The number of benzene rings is 1. The molecule has 2 heterocycles. The number of rotatable bonds is 5. The first kappa shape index (κ1) is 22.8. The maximum absolute atomic E-state index is 13.0. The summed E-state index contributed by atoms with van der Waals surface area (Å²) < 4.78 is 5.60. The minimum absolute atomic E-state index is 0.00664. The second-order valence-corrected chi connectivity index (χ2v) is 9.08. The Morgan fingerprint density at radius 3 is 2.48 bits per heavy atom. The Bertz CT molecular complexity index is 890. The number of amides is 2. The number of hydrogen-bond acceptors (Lipinski definition) is 4. The van der Waals surface area contributed by atoms with Crippen LogP contribution in [0, 0.1) is 0 Å². The SMILES string of the molecule is CC[C@H](C)N(C(=O)OC(C)(C)C)c1ccc([C@@H]2CCCN2C(=O)c2ccccc2)cn1. The molecule has 0 radical (unpaired) electrons. The Balaban J connectivity index is 1.82. The Morgan fingerprint density at radius 2 is 1.90 bits per heavy atom. The molecule has 2 amide bonds. The van der Waals surface area contributed by atoms with Crippen LogP contribution in [0.3, 0.4) is 0 Å². The third-order valence-corrected chi connectivity index (χ3v) is 5.56. The molecule has 31 heavy (non-hydrogen) atoms. The molecule has 2 aromatic rings. The molecule has 3 rings (SSSR count). The third-order valence-electron chi connectivity index (χ3n) is 5.56. The van der Waals surface area contributed by atoms with E-state index in [2.05, 4.69) is 4.98 Å². The first-order chi connectivity index (χ1) is 14.7. The van der Waals surface area contributed by atoms with Gasteiger partial charge in [-0.25, -0.2) is 9.78 Å². The first-order valence-electron chi connectivity index (χ1n) is 11.1. The van der Waals surface area contributed by atoms with E-state index in [4.69, 9.17) is 4.74 Å². The monoisotopic (exact) mass is 423 g/mol. The lowest BCUT2D eigenvalue weighted by atomic mass is 10.1. The van der Waals surface area contributed by atoms with Crippen molar-refractivity contribution in [3.8, 4) is 0 Å². The molecular formula is C25H33N3O3. The molecule has 0 spiro atoms. The molecule has 1 aliphatic rings. The van der Waals surface area contributed by atoms with Gasteiger partial charge >= 0.3 is 6.09 Å². The summed E-state index contributed by atoms with van der Waals surface area (Å²) in [4.78, 5) is 33.9. The van der Waals surface area contributed by atoms with Crippen molar-refractivity contribution in [2.75, 3.05) is 11.4 Å². The number of likely N-dealkylation sites (tertiary alicyclic amines) is 1. The van der Waals surface area contributed by atoms with Gasteiger partial charge in [0.15, 0.2) is 0 Å². The fraction of sp³-hybridized carbons (Fsp3) is 0.480. The summed E-state index contributed by atoms with van der Waals surface area (Å²) in [6.07, 6.45) is 4.03. The van der Waals surface area contributed by atoms with E-state index >= 15 is 0 Å². The number of nitrogens with zero attached hydrogens (tertiary/aromatic N) is 3. The highest BCUT2D eigenvalue weighted by Gasteiger charge is 2.32. The van der Waals surface area contributed by atoms with Crippen LogP contribution >= 0.6 is 0 Å². The molecule has 1 aromatic carbocycles. The van der Waals surface area contributed by atoms with Crippen molar-refractivity contribution in [2.45, 2.75) is 71.6 Å². The number of carbonyl (C=O) groups excluding carboxylic acids is 2. The van der Waals surface area contributed by atoms with Crippen LogP contribution < -0.4 is 4.90 Å². The summed E-state index contributed by atoms with van der Waals surface area (Å²) in [6, 6.07) is 13.2. The summed E-state index contributed by atoms with van der Waals surface area (Å²) in [7, 11) is 0. The van der Waals surface area contributed by atoms with Gasteiger partial charge in [-0.2, -0.15) is 0 Å². The van der Waals surface area contributed by atoms with E-state index in [1.54, 1.807) is 11.1 Å². The smallest absolute Gasteiger partial charge is 0.416 e. The van der Waals surface area contributed by atoms with Gasteiger partial charge < -0.3 is 9.64 Å². The van der Waals surface area contributed by atoms with Crippen LogP contribution in [0.1, 0.15) is 75.8 Å². The predicted octanol–water partition coefficient (Wildman–Crippen LogP) is 5.60. The van der Waals surface area contributed by atoms with Gasteiger partial charge in [0.1, 0.15) is 11.4 Å². The highest BCUT2D eigenvalue weighted by Crippen LogP contribution is 2.33. The van der Waals surface area contributed by atoms with Gasteiger partial charge in [0.05, 0.1) is 6.04 Å². The molecule has 6 heteroatoms. The van der Waals surface area contributed by atoms with Crippen molar-refractivity contribution in [3.05, 3.63) is 59.8 Å².